The van der Waals surface area contributed by atoms with E-state index in [-0.39, 0.29) is 5.69 Å². The molecule has 3 aromatic carbocycles. The summed E-state index contributed by atoms with van der Waals surface area (Å²) < 4.78 is 1.07. The van der Waals surface area contributed by atoms with E-state index < -0.39 is 4.92 Å². The lowest BCUT2D eigenvalue weighted by Crippen LogP contribution is -1.92. The van der Waals surface area contributed by atoms with Crippen molar-refractivity contribution in [2.24, 2.45) is 0 Å². The van der Waals surface area contributed by atoms with Gasteiger partial charge in [-0.2, -0.15) is 0 Å². The largest absolute Gasteiger partial charge is 0.338 e. The van der Waals surface area contributed by atoms with Crippen molar-refractivity contribution < 1.29 is 4.92 Å². The number of fused-ring (bicyclic) bond motifs is 2. The van der Waals surface area contributed by atoms with Crippen molar-refractivity contribution in [3.8, 4) is 0 Å². The fourth-order valence-corrected chi connectivity index (χ4v) is 4.18. The fraction of sp³-hybridized carbons (Fsp3) is 0. The summed E-state index contributed by atoms with van der Waals surface area (Å²) in [4.78, 5) is 23.6. The molecule has 140 valence electrons. The summed E-state index contributed by atoms with van der Waals surface area (Å²) in [5.41, 5.74) is 4.25. The third-order valence-corrected chi connectivity index (χ3v) is 5.63. The van der Waals surface area contributed by atoms with E-state index in [1.807, 2.05) is 60.7 Å². The van der Waals surface area contributed by atoms with E-state index in [1.54, 1.807) is 23.5 Å². The number of hydrogen-bond donors (Lipinski definition) is 1. The van der Waals surface area contributed by atoms with E-state index in [1.165, 1.54) is 6.07 Å². The van der Waals surface area contributed by atoms with Crippen molar-refractivity contribution in [3.05, 3.63) is 99.3 Å². The molecular formula is C22H14N4O2S. The molecule has 5 aromatic rings. The Balaban J connectivity index is 1.72. The Bertz CT molecular complexity index is 1260. The van der Waals surface area contributed by atoms with Crippen molar-refractivity contribution in [1.29, 1.82) is 0 Å². The predicted octanol–water partition coefficient (Wildman–Crippen LogP) is 5.67. The van der Waals surface area contributed by atoms with Gasteiger partial charge in [-0.05, 0) is 35.9 Å². The summed E-state index contributed by atoms with van der Waals surface area (Å²) in [5, 5.41) is 12.0. The Kier molecular flexibility index (Phi) is 4.14. The number of para-hydroxylation sites is 3. The number of nitrogens with one attached hydrogen (secondary N) is 1. The van der Waals surface area contributed by atoms with Crippen LogP contribution in [0.4, 0.5) is 5.69 Å². The minimum atomic E-state index is -0.393. The molecule has 7 heteroatoms. The van der Waals surface area contributed by atoms with Gasteiger partial charge in [-0.3, -0.25) is 10.1 Å². The first-order valence-corrected chi connectivity index (χ1v) is 9.76. The number of H-pyrrole nitrogens is 1. The van der Waals surface area contributed by atoms with Gasteiger partial charge in [0.15, 0.2) is 0 Å². The molecule has 29 heavy (non-hydrogen) atoms. The number of hydrogen-bond acceptors (Lipinski definition) is 5. The number of rotatable bonds is 4. The van der Waals surface area contributed by atoms with Crippen LogP contribution in [0.2, 0.25) is 0 Å². The molecule has 0 saturated heterocycles. The van der Waals surface area contributed by atoms with Crippen LogP contribution in [-0.2, 0) is 0 Å². The molecule has 0 amide bonds. The molecule has 6 nitrogen and oxygen atoms in total. The second kappa shape index (κ2) is 6.96. The van der Waals surface area contributed by atoms with Crippen LogP contribution >= 0.6 is 11.3 Å². The molecule has 0 bridgehead atoms. The molecule has 0 spiro atoms. The Morgan fingerprint density at radius 1 is 0.966 bits per heavy atom. The highest BCUT2D eigenvalue weighted by atomic mass is 32.1. The number of aromatic amines is 1. The van der Waals surface area contributed by atoms with E-state index in [2.05, 4.69) is 4.98 Å². The quantitative estimate of drug-likeness (QED) is 0.312. The average molecular weight is 398 g/mol. The molecule has 0 unspecified atom stereocenters. The highest BCUT2D eigenvalue weighted by Crippen LogP contribution is 2.32. The molecule has 0 aliphatic heterocycles. The monoisotopic (exact) mass is 398 g/mol. The van der Waals surface area contributed by atoms with Crippen LogP contribution in [0.5, 0.6) is 0 Å². The number of thiazole rings is 1. The van der Waals surface area contributed by atoms with E-state index >= 15 is 0 Å². The van der Waals surface area contributed by atoms with Gasteiger partial charge in [0.1, 0.15) is 10.8 Å². The predicted molar refractivity (Wildman–Crippen MR) is 116 cm³/mol. The molecule has 0 fully saturated rings. The molecule has 0 aliphatic rings. The summed E-state index contributed by atoms with van der Waals surface area (Å²) in [6.07, 6.45) is 1.89. The number of nitro benzene ring substituents is 1. The first-order chi connectivity index (χ1) is 14.2. The topological polar surface area (TPSA) is 84.7 Å². The lowest BCUT2D eigenvalue weighted by atomic mass is 10.1. The highest BCUT2D eigenvalue weighted by Gasteiger charge is 2.16. The molecule has 1 N–H and O–H groups in total. The van der Waals surface area contributed by atoms with Gasteiger partial charge in [-0.15, -0.1) is 11.3 Å². The minimum absolute atomic E-state index is 0.0482. The summed E-state index contributed by atoms with van der Waals surface area (Å²) in [5.74, 6) is 0.678. The summed E-state index contributed by atoms with van der Waals surface area (Å²) in [7, 11) is 0. The average Bonchev–Trinajstić information content (AvgIpc) is 3.36. The zero-order chi connectivity index (χ0) is 19.8. The van der Waals surface area contributed by atoms with Crippen LogP contribution in [-0.4, -0.2) is 19.9 Å². The van der Waals surface area contributed by atoms with E-state index in [0.29, 0.717) is 11.4 Å². The van der Waals surface area contributed by atoms with E-state index in [9.17, 15) is 10.1 Å². The molecule has 0 radical (unpaired) electrons. The summed E-state index contributed by atoms with van der Waals surface area (Å²) in [6.45, 7) is 0. The number of aromatic nitrogens is 3. The normalized spacial score (nSPS) is 11.9. The van der Waals surface area contributed by atoms with Crippen molar-refractivity contribution in [2.45, 2.75) is 0 Å². The molecule has 0 saturated carbocycles. The Labute approximate surface area is 169 Å². The lowest BCUT2D eigenvalue weighted by Gasteiger charge is -2.02. The second-order valence-corrected chi connectivity index (χ2v) is 7.53. The number of imidazole rings is 1. The van der Waals surface area contributed by atoms with Gasteiger partial charge < -0.3 is 4.98 Å². The van der Waals surface area contributed by atoms with E-state index in [0.717, 1.165) is 31.8 Å². The number of non-ortho nitro benzene ring substituents is 1. The standard InChI is InChI=1S/C22H14N4O2S/c27-26(28)15-7-5-6-14(12-15)13-16(21-23-17-8-1-2-9-18(17)24-21)22-25-19-10-3-4-11-20(19)29-22/h1-13H,(H,23,24)/b16-13+. The fourth-order valence-electron chi connectivity index (χ4n) is 3.19. The Hall–Kier alpha value is -3.84. The summed E-state index contributed by atoms with van der Waals surface area (Å²) in [6, 6.07) is 22.3. The third-order valence-electron chi connectivity index (χ3n) is 4.56. The van der Waals surface area contributed by atoms with E-state index in [4.69, 9.17) is 9.97 Å². The van der Waals surface area contributed by atoms with Gasteiger partial charge in [0.2, 0.25) is 0 Å². The zero-order valence-corrected chi connectivity index (χ0v) is 15.9. The maximum absolute atomic E-state index is 11.2. The summed E-state index contributed by atoms with van der Waals surface area (Å²) >= 11 is 1.57. The maximum atomic E-state index is 11.2. The first-order valence-electron chi connectivity index (χ1n) is 8.94. The van der Waals surface area contributed by atoms with Gasteiger partial charge in [-0.1, -0.05) is 36.4 Å². The van der Waals surface area contributed by atoms with Crippen molar-refractivity contribution in [3.63, 3.8) is 0 Å². The van der Waals surface area contributed by atoms with Gasteiger partial charge in [0.25, 0.3) is 5.69 Å². The van der Waals surface area contributed by atoms with Crippen LogP contribution in [0.3, 0.4) is 0 Å². The molecular weight excluding hydrogens is 384 g/mol. The number of nitro groups is 1. The minimum Gasteiger partial charge on any atom is -0.338 e. The Morgan fingerprint density at radius 3 is 2.55 bits per heavy atom. The maximum Gasteiger partial charge on any atom is 0.270 e. The molecule has 2 heterocycles. The Morgan fingerprint density at radius 2 is 1.76 bits per heavy atom. The second-order valence-electron chi connectivity index (χ2n) is 6.50. The SMILES string of the molecule is O=[N+]([O-])c1cccc(/C=C(\c2nc3ccccc3[nH]2)c2nc3ccccc3s2)c1. The molecule has 0 atom stereocenters. The zero-order valence-electron chi connectivity index (χ0n) is 15.1. The van der Waals surface area contributed by atoms with Gasteiger partial charge in [0.05, 0.1) is 31.7 Å². The van der Waals surface area contributed by atoms with Gasteiger partial charge in [0, 0.05) is 12.1 Å². The smallest absolute Gasteiger partial charge is 0.270 e. The van der Waals surface area contributed by atoms with Crippen molar-refractivity contribution in [2.75, 3.05) is 0 Å². The van der Waals surface area contributed by atoms with Gasteiger partial charge >= 0.3 is 0 Å². The number of nitrogens with zero attached hydrogens (tertiary/aromatic N) is 3. The van der Waals surface area contributed by atoms with Gasteiger partial charge in [-0.25, -0.2) is 9.97 Å². The highest BCUT2D eigenvalue weighted by molar-refractivity contribution is 7.19. The molecule has 2 aromatic heterocycles. The van der Waals surface area contributed by atoms with Crippen LogP contribution in [0.15, 0.2) is 72.8 Å². The lowest BCUT2D eigenvalue weighted by molar-refractivity contribution is -0.384. The van der Waals surface area contributed by atoms with Crippen LogP contribution in [0, 0.1) is 10.1 Å². The van der Waals surface area contributed by atoms with Crippen LogP contribution in [0.1, 0.15) is 16.4 Å². The van der Waals surface area contributed by atoms with Crippen molar-refractivity contribution >= 4 is 49.9 Å². The van der Waals surface area contributed by atoms with Crippen molar-refractivity contribution in [1.82, 2.24) is 15.0 Å². The molecule has 0 aliphatic carbocycles. The van der Waals surface area contributed by atoms with Crippen LogP contribution in [0.25, 0.3) is 32.9 Å². The first kappa shape index (κ1) is 17.3. The van der Waals surface area contributed by atoms with Crippen LogP contribution < -0.4 is 0 Å². The number of benzene rings is 3. The third kappa shape index (κ3) is 3.28. The molecule has 5 rings (SSSR count).